The molecule has 0 saturated carbocycles. The minimum atomic E-state index is -1.03. The van der Waals surface area contributed by atoms with Gasteiger partial charge < -0.3 is 35.7 Å². The van der Waals surface area contributed by atoms with E-state index in [2.05, 4.69) is 0 Å². The molecule has 7 N–H and O–H groups in total. The van der Waals surface area contributed by atoms with E-state index in [-0.39, 0.29) is 11.1 Å². The summed E-state index contributed by atoms with van der Waals surface area (Å²) in [5.41, 5.74) is -4.84. The Balaban J connectivity index is 1.74. The van der Waals surface area contributed by atoms with E-state index in [1.165, 1.54) is 12.1 Å². The summed E-state index contributed by atoms with van der Waals surface area (Å²) in [6.45, 7) is 0.940. The zero-order valence-corrected chi connectivity index (χ0v) is 20.9. The molecule has 0 spiro atoms. The number of aliphatic hydroxyl groups excluding tert-OH is 1. The van der Waals surface area contributed by atoms with Crippen molar-refractivity contribution in [2.24, 2.45) is 0 Å². The van der Waals surface area contributed by atoms with E-state index >= 15 is 0 Å². The fourth-order valence-electron chi connectivity index (χ4n) is 5.63. The molecule has 0 atom stereocenters. The zero-order chi connectivity index (χ0) is 29.7. The summed E-state index contributed by atoms with van der Waals surface area (Å²) >= 11 is 0. The smallest absolute Gasteiger partial charge is 0.201 e. The number of rotatable bonds is 2. The molecule has 4 aromatic carbocycles. The number of carbonyl (C=O) groups excluding carboxylic acids is 4. The topological polar surface area (TPSA) is 210 Å². The molecule has 0 unspecified atom stereocenters. The number of fused-ring (bicyclic) bond motifs is 4. The van der Waals surface area contributed by atoms with E-state index in [0.29, 0.717) is 17.7 Å². The van der Waals surface area contributed by atoms with Crippen LogP contribution in [0.15, 0.2) is 36.4 Å². The van der Waals surface area contributed by atoms with Gasteiger partial charge in [-0.25, -0.2) is 0 Å². The first kappa shape index (κ1) is 25.6. The SMILES string of the molecule is Cc1cc(O)c2c(c1)C(=O)c1c(c(O)cc(O)c1-c1c(O)cc(O)c3c1C(=O)c1cc(CO)cc(O)c1C3=O)C2=O. The summed E-state index contributed by atoms with van der Waals surface area (Å²) in [5, 5.41) is 73.8. The molecule has 2 aliphatic rings. The zero-order valence-electron chi connectivity index (χ0n) is 20.9. The molecule has 4 aromatic rings. The maximum Gasteiger partial charge on any atom is 0.201 e. The minimum absolute atomic E-state index is 0.0641. The lowest BCUT2D eigenvalue weighted by molar-refractivity contribution is 0.0972. The van der Waals surface area contributed by atoms with Gasteiger partial charge in [0.2, 0.25) is 11.6 Å². The fourth-order valence-corrected chi connectivity index (χ4v) is 5.63. The van der Waals surface area contributed by atoms with Gasteiger partial charge in [0.25, 0.3) is 0 Å². The second-order valence-corrected chi connectivity index (χ2v) is 9.80. The standard InChI is InChI=1S/C30H18O11/c1-9-2-11-19(13(32)3-9)29(40)23-17(36)6-15(34)21(25(23)27(11)38)22-16(35)7-18(37)24-26(22)28(39)12-4-10(8-31)5-14(33)20(12)30(24)41/h2-7,31-37H,8H2,1H3. The van der Waals surface area contributed by atoms with Crippen LogP contribution >= 0.6 is 0 Å². The van der Waals surface area contributed by atoms with Gasteiger partial charge in [-0.05, 0) is 42.3 Å². The van der Waals surface area contributed by atoms with Gasteiger partial charge in [-0.2, -0.15) is 0 Å². The van der Waals surface area contributed by atoms with Gasteiger partial charge in [0.05, 0.1) is 28.9 Å². The Hall–Kier alpha value is -5.68. The monoisotopic (exact) mass is 554 g/mol. The van der Waals surface area contributed by atoms with Crippen molar-refractivity contribution in [2.45, 2.75) is 13.5 Å². The highest BCUT2D eigenvalue weighted by Crippen LogP contribution is 2.52. The molecule has 0 amide bonds. The van der Waals surface area contributed by atoms with Crippen LogP contribution in [0, 0.1) is 6.92 Å². The summed E-state index contributed by atoms with van der Waals surface area (Å²) in [4.78, 5) is 54.7. The molecule has 0 aromatic heterocycles. The molecule has 0 radical (unpaired) electrons. The number of aromatic hydroxyl groups is 6. The number of phenolic OH excluding ortho intramolecular Hbond substituents is 6. The maximum atomic E-state index is 13.9. The van der Waals surface area contributed by atoms with Crippen molar-refractivity contribution >= 4 is 23.1 Å². The second-order valence-electron chi connectivity index (χ2n) is 9.80. The number of aliphatic hydroxyl groups is 1. The Morgan fingerprint density at radius 3 is 1.29 bits per heavy atom. The van der Waals surface area contributed by atoms with E-state index in [9.17, 15) is 54.9 Å². The van der Waals surface area contributed by atoms with Crippen molar-refractivity contribution in [1.82, 2.24) is 0 Å². The Bertz CT molecular complexity index is 1970. The molecule has 6 rings (SSSR count). The molecule has 204 valence electrons. The highest BCUT2D eigenvalue weighted by atomic mass is 16.3. The van der Waals surface area contributed by atoms with E-state index < -0.39 is 114 Å². The van der Waals surface area contributed by atoms with Crippen LogP contribution in [0.25, 0.3) is 11.1 Å². The van der Waals surface area contributed by atoms with Crippen molar-refractivity contribution < 1.29 is 54.9 Å². The van der Waals surface area contributed by atoms with E-state index in [4.69, 9.17) is 0 Å². The van der Waals surface area contributed by atoms with Crippen molar-refractivity contribution in [3.63, 3.8) is 0 Å². The summed E-state index contributed by atoms with van der Waals surface area (Å²) in [5.74, 6) is -8.57. The fraction of sp³-hybridized carbons (Fsp3) is 0.0667. The lowest BCUT2D eigenvalue weighted by Crippen LogP contribution is -2.25. The number of phenols is 6. The van der Waals surface area contributed by atoms with Crippen LogP contribution in [0.4, 0.5) is 0 Å². The summed E-state index contributed by atoms with van der Waals surface area (Å²) < 4.78 is 0. The third kappa shape index (κ3) is 3.29. The summed E-state index contributed by atoms with van der Waals surface area (Å²) in [6, 6.07) is 6.14. The van der Waals surface area contributed by atoms with Crippen LogP contribution in [0.5, 0.6) is 34.5 Å². The van der Waals surface area contributed by atoms with Gasteiger partial charge in [0.1, 0.15) is 34.5 Å². The van der Waals surface area contributed by atoms with E-state index in [1.807, 2.05) is 0 Å². The lowest BCUT2D eigenvalue weighted by Gasteiger charge is -2.27. The first-order valence-corrected chi connectivity index (χ1v) is 12.0. The first-order chi connectivity index (χ1) is 19.4. The maximum absolute atomic E-state index is 13.9. The van der Waals surface area contributed by atoms with Crippen LogP contribution < -0.4 is 0 Å². The third-order valence-electron chi connectivity index (χ3n) is 7.29. The molecule has 0 aliphatic heterocycles. The Morgan fingerprint density at radius 2 is 0.829 bits per heavy atom. The van der Waals surface area contributed by atoms with Crippen molar-refractivity contribution in [1.29, 1.82) is 0 Å². The van der Waals surface area contributed by atoms with Gasteiger partial charge in [0.15, 0.2) is 11.6 Å². The molecule has 2 aliphatic carbocycles. The van der Waals surface area contributed by atoms with Crippen LogP contribution in [0.2, 0.25) is 0 Å². The summed E-state index contributed by atoms with van der Waals surface area (Å²) in [6.07, 6.45) is 0. The Kier molecular flexibility index (Phi) is 5.25. The van der Waals surface area contributed by atoms with Crippen LogP contribution in [0.1, 0.15) is 74.8 Å². The molecule has 41 heavy (non-hydrogen) atoms. The Morgan fingerprint density at radius 1 is 0.439 bits per heavy atom. The van der Waals surface area contributed by atoms with E-state index in [1.54, 1.807) is 6.92 Å². The van der Waals surface area contributed by atoms with Gasteiger partial charge in [0, 0.05) is 45.5 Å². The molecule has 0 fully saturated rings. The van der Waals surface area contributed by atoms with Gasteiger partial charge >= 0.3 is 0 Å². The highest BCUT2D eigenvalue weighted by Gasteiger charge is 2.43. The van der Waals surface area contributed by atoms with Crippen LogP contribution in [-0.4, -0.2) is 58.9 Å². The second kappa shape index (κ2) is 8.41. The lowest BCUT2D eigenvalue weighted by atomic mass is 9.74. The molecule has 0 bridgehead atoms. The van der Waals surface area contributed by atoms with Crippen molar-refractivity contribution in [2.75, 3.05) is 0 Å². The molecule has 0 saturated heterocycles. The number of hydrogen-bond donors (Lipinski definition) is 7. The average molecular weight is 554 g/mol. The molecular formula is C30H18O11. The predicted octanol–water partition coefficient (Wildman–Crippen LogP) is 2.94. The van der Waals surface area contributed by atoms with E-state index in [0.717, 1.165) is 12.1 Å². The van der Waals surface area contributed by atoms with Crippen molar-refractivity contribution in [3.8, 4) is 45.6 Å². The van der Waals surface area contributed by atoms with Crippen LogP contribution in [0.3, 0.4) is 0 Å². The number of ketones is 4. The summed E-state index contributed by atoms with van der Waals surface area (Å²) in [7, 11) is 0. The molecular weight excluding hydrogens is 536 g/mol. The largest absolute Gasteiger partial charge is 0.507 e. The average Bonchev–Trinajstić information content (AvgIpc) is 2.89. The third-order valence-corrected chi connectivity index (χ3v) is 7.29. The van der Waals surface area contributed by atoms with Crippen LogP contribution in [-0.2, 0) is 6.61 Å². The quantitative estimate of drug-likeness (QED) is 0.165. The molecule has 0 heterocycles. The first-order valence-electron chi connectivity index (χ1n) is 12.0. The molecule has 11 heteroatoms. The van der Waals surface area contributed by atoms with Crippen molar-refractivity contribution in [3.05, 3.63) is 92.0 Å². The number of aryl methyl sites for hydroxylation is 1. The van der Waals surface area contributed by atoms with Gasteiger partial charge in [-0.15, -0.1) is 0 Å². The minimum Gasteiger partial charge on any atom is -0.507 e. The predicted molar refractivity (Wildman–Crippen MR) is 139 cm³/mol. The van der Waals surface area contributed by atoms with Gasteiger partial charge in [-0.1, -0.05) is 0 Å². The Labute approximate surface area is 229 Å². The number of benzene rings is 4. The highest BCUT2D eigenvalue weighted by molar-refractivity contribution is 6.35. The normalized spacial score (nSPS) is 13.5. The number of hydrogen-bond acceptors (Lipinski definition) is 11. The number of carbonyl (C=O) groups is 4. The van der Waals surface area contributed by atoms with Gasteiger partial charge in [-0.3, -0.25) is 19.2 Å². The molecule has 11 nitrogen and oxygen atoms in total.